The van der Waals surface area contributed by atoms with Gasteiger partial charge in [-0.2, -0.15) is 11.8 Å². The first-order valence-corrected chi connectivity index (χ1v) is 7.71. The van der Waals surface area contributed by atoms with Crippen molar-refractivity contribution in [2.24, 2.45) is 5.41 Å². The molecule has 0 aromatic rings. The van der Waals surface area contributed by atoms with Crippen LogP contribution in [0.1, 0.15) is 40.5 Å². The van der Waals surface area contributed by atoms with Crippen molar-refractivity contribution in [3.05, 3.63) is 0 Å². The Hall–Kier alpha value is 0.270. The van der Waals surface area contributed by atoms with Crippen molar-refractivity contribution in [3.8, 4) is 0 Å². The van der Waals surface area contributed by atoms with Gasteiger partial charge < -0.3 is 10.1 Å². The third-order valence-electron chi connectivity index (χ3n) is 3.61. The normalized spacial score (nSPS) is 27.8. The number of rotatable bonds is 8. The van der Waals surface area contributed by atoms with Crippen LogP contribution in [0.2, 0.25) is 0 Å². The van der Waals surface area contributed by atoms with Crippen molar-refractivity contribution >= 4 is 11.8 Å². The minimum atomic E-state index is 0.313. The number of thioether (sulfide) groups is 1. The zero-order valence-corrected chi connectivity index (χ0v) is 12.0. The van der Waals surface area contributed by atoms with Gasteiger partial charge in [0.1, 0.15) is 0 Å². The number of nitrogens with one attached hydrogen (secondary N) is 1. The van der Waals surface area contributed by atoms with E-state index < -0.39 is 0 Å². The van der Waals surface area contributed by atoms with Crippen molar-refractivity contribution in [3.63, 3.8) is 0 Å². The smallest absolute Gasteiger partial charge is 0.0655 e. The molecule has 96 valence electrons. The molecule has 1 saturated carbocycles. The molecule has 2 nitrogen and oxygen atoms in total. The van der Waals surface area contributed by atoms with Gasteiger partial charge in [0.25, 0.3) is 0 Å². The van der Waals surface area contributed by atoms with Crippen LogP contribution in [0.5, 0.6) is 0 Å². The molecule has 1 aliphatic rings. The lowest BCUT2D eigenvalue weighted by molar-refractivity contribution is -0.113. The molecule has 0 heterocycles. The van der Waals surface area contributed by atoms with Crippen LogP contribution in [0.15, 0.2) is 0 Å². The highest BCUT2D eigenvalue weighted by atomic mass is 32.2. The van der Waals surface area contributed by atoms with Gasteiger partial charge in [0.05, 0.1) is 6.10 Å². The van der Waals surface area contributed by atoms with E-state index >= 15 is 0 Å². The molecule has 0 amide bonds. The maximum absolute atomic E-state index is 5.72. The highest BCUT2D eigenvalue weighted by molar-refractivity contribution is 7.99. The maximum Gasteiger partial charge on any atom is 0.0655 e. The van der Waals surface area contributed by atoms with Crippen LogP contribution in [0, 0.1) is 5.41 Å². The molecule has 0 bridgehead atoms. The molecule has 0 aromatic heterocycles. The third-order valence-corrected chi connectivity index (χ3v) is 4.59. The topological polar surface area (TPSA) is 21.3 Å². The molecule has 1 rings (SSSR count). The Bertz CT molecular complexity index is 196. The van der Waals surface area contributed by atoms with Gasteiger partial charge in [-0.3, -0.25) is 0 Å². The molecular formula is C13H27NOS. The number of hydrogen-bond donors (Lipinski definition) is 1. The summed E-state index contributed by atoms with van der Waals surface area (Å²) in [5.74, 6) is 2.52. The minimum absolute atomic E-state index is 0.313. The van der Waals surface area contributed by atoms with Gasteiger partial charge in [0, 0.05) is 18.1 Å². The Labute approximate surface area is 105 Å². The zero-order chi connectivity index (χ0) is 12.0. The first-order chi connectivity index (χ1) is 7.62. The standard InChI is InChI=1S/C13H27NOS/c1-5-15-12-10-11(13(12,3)4)14-8-7-9-16-6-2/h11-12,14H,5-10H2,1-4H3. The van der Waals surface area contributed by atoms with E-state index in [0.29, 0.717) is 17.6 Å². The summed E-state index contributed by atoms with van der Waals surface area (Å²) in [4.78, 5) is 0. The van der Waals surface area contributed by atoms with Crippen LogP contribution in [-0.2, 0) is 4.74 Å². The first-order valence-electron chi connectivity index (χ1n) is 6.55. The summed E-state index contributed by atoms with van der Waals surface area (Å²) in [5.41, 5.74) is 0.313. The second-order valence-corrected chi connectivity index (χ2v) is 6.45. The van der Waals surface area contributed by atoms with Gasteiger partial charge in [0.15, 0.2) is 0 Å². The Morgan fingerprint density at radius 3 is 2.69 bits per heavy atom. The van der Waals surface area contributed by atoms with E-state index in [0.717, 1.165) is 13.2 Å². The Balaban J connectivity index is 2.11. The van der Waals surface area contributed by atoms with Gasteiger partial charge in [-0.25, -0.2) is 0 Å². The summed E-state index contributed by atoms with van der Waals surface area (Å²) in [7, 11) is 0. The predicted octanol–water partition coefficient (Wildman–Crippen LogP) is 2.92. The Morgan fingerprint density at radius 2 is 2.12 bits per heavy atom. The van der Waals surface area contributed by atoms with E-state index in [-0.39, 0.29) is 0 Å². The molecule has 0 aromatic carbocycles. The fraction of sp³-hybridized carbons (Fsp3) is 1.00. The summed E-state index contributed by atoms with van der Waals surface area (Å²) in [6.07, 6.45) is 2.92. The van der Waals surface area contributed by atoms with Crippen LogP contribution < -0.4 is 5.32 Å². The molecular weight excluding hydrogens is 218 g/mol. The molecule has 3 heteroatoms. The van der Waals surface area contributed by atoms with E-state index in [1.54, 1.807) is 0 Å². The lowest BCUT2D eigenvalue weighted by Gasteiger charge is -2.52. The summed E-state index contributed by atoms with van der Waals surface area (Å²) < 4.78 is 5.72. The molecule has 0 aliphatic heterocycles. The summed E-state index contributed by atoms with van der Waals surface area (Å²) >= 11 is 2.03. The van der Waals surface area contributed by atoms with E-state index in [1.165, 1.54) is 24.3 Å². The van der Waals surface area contributed by atoms with Crippen LogP contribution in [0.3, 0.4) is 0 Å². The maximum atomic E-state index is 5.72. The van der Waals surface area contributed by atoms with Crippen LogP contribution in [-0.4, -0.2) is 36.8 Å². The lowest BCUT2D eigenvalue weighted by Crippen LogP contribution is -2.61. The second-order valence-electron chi connectivity index (χ2n) is 5.06. The fourth-order valence-corrected chi connectivity index (χ4v) is 2.95. The molecule has 0 radical (unpaired) electrons. The van der Waals surface area contributed by atoms with Gasteiger partial charge in [-0.15, -0.1) is 0 Å². The van der Waals surface area contributed by atoms with Crippen molar-refractivity contribution in [1.29, 1.82) is 0 Å². The average molecular weight is 245 g/mol. The Morgan fingerprint density at radius 1 is 1.38 bits per heavy atom. The van der Waals surface area contributed by atoms with Crippen LogP contribution >= 0.6 is 11.8 Å². The highest BCUT2D eigenvalue weighted by Crippen LogP contribution is 2.42. The molecule has 1 N–H and O–H groups in total. The largest absolute Gasteiger partial charge is 0.378 e. The van der Waals surface area contributed by atoms with Gasteiger partial charge in [-0.1, -0.05) is 20.8 Å². The summed E-state index contributed by atoms with van der Waals surface area (Å²) in [6.45, 7) is 10.9. The molecule has 2 atom stereocenters. The highest BCUT2D eigenvalue weighted by Gasteiger charge is 2.48. The van der Waals surface area contributed by atoms with Crippen molar-refractivity contribution in [2.45, 2.75) is 52.7 Å². The summed E-state index contributed by atoms with van der Waals surface area (Å²) in [5, 5.41) is 3.66. The van der Waals surface area contributed by atoms with E-state index in [1.807, 2.05) is 11.8 Å². The van der Waals surface area contributed by atoms with E-state index in [4.69, 9.17) is 4.74 Å². The lowest BCUT2D eigenvalue weighted by atomic mass is 9.64. The Kier molecular flexibility index (Phi) is 6.16. The summed E-state index contributed by atoms with van der Waals surface area (Å²) in [6, 6.07) is 0.649. The third kappa shape index (κ3) is 3.64. The molecule has 0 spiro atoms. The molecule has 2 unspecified atom stereocenters. The van der Waals surface area contributed by atoms with Gasteiger partial charge in [0.2, 0.25) is 0 Å². The SMILES string of the molecule is CCOC1CC(NCCCSCC)C1(C)C. The first kappa shape index (κ1) is 14.3. The van der Waals surface area contributed by atoms with Crippen molar-refractivity contribution < 1.29 is 4.74 Å². The second kappa shape index (κ2) is 6.87. The van der Waals surface area contributed by atoms with Gasteiger partial charge in [-0.05, 0) is 37.8 Å². The molecule has 1 fully saturated rings. The van der Waals surface area contributed by atoms with Crippen LogP contribution in [0.4, 0.5) is 0 Å². The number of ether oxygens (including phenoxy) is 1. The average Bonchev–Trinajstić information content (AvgIpc) is 2.26. The van der Waals surface area contributed by atoms with E-state index in [2.05, 4.69) is 33.0 Å². The quantitative estimate of drug-likeness (QED) is 0.664. The molecule has 0 saturated heterocycles. The van der Waals surface area contributed by atoms with Crippen molar-refractivity contribution in [1.82, 2.24) is 5.32 Å². The predicted molar refractivity (Wildman–Crippen MR) is 73.2 cm³/mol. The van der Waals surface area contributed by atoms with E-state index in [9.17, 15) is 0 Å². The monoisotopic (exact) mass is 245 g/mol. The van der Waals surface area contributed by atoms with Gasteiger partial charge >= 0.3 is 0 Å². The molecule has 16 heavy (non-hydrogen) atoms. The van der Waals surface area contributed by atoms with Crippen molar-refractivity contribution in [2.75, 3.05) is 24.7 Å². The zero-order valence-electron chi connectivity index (χ0n) is 11.2. The number of hydrogen-bond acceptors (Lipinski definition) is 3. The molecule has 1 aliphatic carbocycles. The van der Waals surface area contributed by atoms with Crippen LogP contribution in [0.25, 0.3) is 0 Å². The minimum Gasteiger partial charge on any atom is -0.378 e. The fourth-order valence-electron chi connectivity index (χ4n) is 2.31.